The number of nitrogens with zero attached hydrogens (tertiary/aromatic N) is 2. The molecule has 2 aromatic carbocycles. The van der Waals surface area contributed by atoms with Crippen LogP contribution < -0.4 is 21.7 Å². The molecule has 6 aliphatic rings. The third kappa shape index (κ3) is 6.78. The molecule has 2 aromatic rings. The van der Waals surface area contributed by atoms with Crippen molar-refractivity contribution >= 4 is 84.2 Å². The third-order valence-electron chi connectivity index (χ3n) is 14.7. The Labute approximate surface area is 411 Å². The number of Topliss-reactive ketones (excluding diaryl/α,β-unsaturated/α-hetero) is 4. The van der Waals surface area contributed by atoms with Gasteiger partial charge in [-0.3, -0.25) is 28.8 Å². The van der Waals surface area contributed by atoms with E-state index in [1.807, 2.05) is 0 Å². The molecule has 16 atom stereocenters. The van der Waals surface area contributed by atoms with E-state index in [1.54, 1.807) is 0 Å². The Balaban J connectivity index is 0.000000218. The topological polar surface area (TPSA) is 409 Å². The summed E-state index contributed by atoms with van der Waals surface area (Å²) in [6, 6.07) is 5.14. The number of phenols is 2. The predicted molar refractivity (Wildman–Crippen MR) is 224 cm³/mol. The smallest absolute Gasteiger partial charge is 0.850 e. The van der Waals surface area contributed by atoms with Crippen LogP contribution in [0.25, 0.3) is 11.5 Å². The molecule has 23 heteroatoms. The fraction of sp³-hybridized carbons (Fsp3) is 0.500. The zero-order valence-corrected chi connectivity index (χ0v) is 39.1. The number of aromatic hydroxyl groups is 2. The summed E-state index contributed by atoms with van der Waals surface area (Å²) in [5.41, 5.74) is -1.68. The number of likely N-dealkylation sites (N-methyl/N-ethyl adjacent to an activating group) is 2. The van der Waals surface area contributed by atoms with Crippen molar-refractivity contribution in [2.75, 3.05) is 28.2 Å². The average molecular weight is 963 g/mol. The second-order valence-electron chi connectivity index (χ2n) is 18.7. The molecule has 0 heterocycles. The predicted octanol–water partition coefficient (Wildman–Crippen LogP) is -6.12. The van der Waals surface area contributed by atoms with Crippen molar-refractivity contribution in [2.24, 2.45) is 47.0 Å². The number of phenolic OH excluding ortho intramolecular Hbond substituents is 2. The van der Waals surface area contributed by atoms with Crippen LogP contribution in [-0.4, -0.2) is 209 Å². The SMILES string of the molecule is CN(C)[C@@H]1C([O-])C(C(N)=O)C(=O)[C@@]2(O)C(=O)C3=C(O)c4c(O)cccc4[C@@](C)(O)[C@H]3[C@H](O)[C@@H]12.CN(C)[C@@H]1C([O-])C(C(N)=O)C(=O)[C@@]2(O)C(=O)C3=C(O)c4c(O)cccc4[C@@](C)(O)[C@H]3[C@H](O)[C@@H]12.[Ca+2]. The summed E-state index contributed by atoms with van der Waals surface area (Å²) in [7, 11) is 5.65. The normalized spacial score (nSPS) is 39.8. The van der Waals surface area contributed by atoms with Crippen molar-refractivity contribution in [3.63, 3.8) is 0 Å². The summed E-state index contributed by atoms with van der Waals surface area (Å²) in [5.74, 6) is -21.7. The monoisotopic (exact) mass is 962 g/mol. The number of primary amides is 2. The number of amides is 2. The first-order valence-corrected chi connectivity index (χ1v) is 20.6. The molecule has 2 amide bonds. The molecule has 0 bridgehead atoms. The van der Waals surface area contributed by atoms with Crippen LogP contribution in [0.2, 0.25) is 0 Å². The average Bonchev–Trinajstić information content (AvgIpc) is 3.20. The van der Waals surface area contributed by atoms with Gasteiger partial charge >= 0.3 is 37.7 Å². The van der Waals surface area contributed by atoms with Crippen molar-refractivity contribution in [1.82, 2.24) is 9.80 Å². The van der Waals surface area contributed by atoms with E-state index >= 15 is 0 Å². The van der Waals surface area contributed by atoms with Gasteiger partial charge in [0, 0.05) is 23.9 Å². The van der Waals surface area contributed by atoms with Crippen LogP contribution in [0.1, 0.15) is 36.1 Å². The van der Waals surface area contributed by atoms with Gasteiger partial charge in [0.1, 0.15) is 23.0 Å². The van der Waals surface area contributed by atoms with E-state index in [0.717, 1.165) is 0 Å². The van der Waals surface area contributed by atoms with E-state index < -0.39 is 164 Å². The molecule has 67 heavy (non-hydrogen) atoms. The number of carbonyl (C=O) groups excluding carboxylic acids is 6. The molecule has 4 saturated carbocycles. The minimum Gasteiger partial charge on any atom is -0.850 e. The van der Waals surface area contributed by atoms with E-state index in [2.05, 4.69) is 0 Å². The molecule has 356 valence electrons. The Hall–Kier alpha value is -4.40. The molecule has 0 saturated heterocycles. The van der Waals surface area contributed by atoms with Crippen molar-refractivity contribution in [3.05, 3.63) is 69.8 Å². The number of rotatable bonds is 4. The Morgan fingerprint density at radius 1 is 0.597 bits per heavy atom. The van der Waals surface area contributed by atoms with Gasteiger partial charge in [-0.1, -0.05) is 36.5 Å². The molecule has 4 fully saturated rings. The second kappa shape index (κ2) is 16.9. The molecular formula is C44H50CaN4O18. The second-order valence-corrected chi connectivity index (χ2v) is 18.7. The minimum absolute atomic E-state index is 0. The molecule has 0 aliphatic heterocycles. The number of fused-ring (bicyclic) bond motifs is 6. The van der Waals surface area contributed by atoms with Gasteiger partial charge in [0.25, 0.3) is 0 Å². The Bertz CT molecular complexity index is 2400. The summed E-state index contributed by atoms with van der Waals surface area (Å²) in [4.78, 5) is 80.2. The zero-order chi connectivity index (χ0) is 49.6. The van der Waals surface area contributed by atoms with Crippen molar-refractivity contribution < 1.29 is 90.0 Å². The summed E-state index contributed by atoms with van der Waals surface area (Å²) in [6.45, 7) is 2.50. The van der Waals surface area contributed by atoms with Gasteiger partial charge in [-0.2, -0.15) is 0 Å². The number of ketones is 4. The van der Waals surface area contributed by atoms with Gasteiger partial charge < -0.3 is 82.5 Å². The maximum Gasteiger partial charge on any atom is 2.00 e. The van der Waals surface area contributed by atoms with Crippen LogP contribution in [0.15, 0.2) is 47.5 Å². The maximum atomic E-state index is 13.7. The number of nitrogens with two attached hydrogens (primary N) is 2. The van der Waals surface area contributed by atoms with Gasteiger partial charge in [0.15, 0.2) is 22.8 Å². The van der Waals surface area contributed by atoms with E-state index in [4.69, 9.17) is 11.5 Å². The standard InChI is InChI=1S/2C22H25N2O9.Ca/c2*1-21(32)7-5-4-6-8(25)9(7)15(26)10-12(21)17(28)13-14(24(2)3)16(27)11(20(23)31)19(30)22(13,33)18(10)29;/h2*4-6,11-14,16-17,25-26,28,32-33H,1-3H3,(H2,23,31);/q2*-1;+2/t2*11?,12-,13-,14+,16?,17+,21-,22+;/m11./s1. The van der Waals surface area contributed by atoms with Crippen molar-refractivity contribution in [1.29, 1.82) is 0 Å². The zero-order valence-electron chi connectivity index (χ0n) is 36.9. The van der Waals surface area contributed by atoms with Crippen molar-refractivity contribution in [3.8, 4) is 11.5 Å². The molecule has 14 N–H and O–H groups in total. The summed E-state index contributed by atoms with van der Waals surface area (Å²) in [6.07, 6.45) is -7.78. The van der Waals surface area contributed by atoms with E-state index in [1.165, 1.54) is 88.2 Å². The van der Waals surface area contributed by atoms with Gasteiger partial charge in [-0.15, -0.1) is 0 Å². The number of aliphatic hydroxyl groups excluding tert-OH is 4. The van der Waals surface area contributed by atoms with Crippen LogP contribution in [-0.2, 0) is 40.0 Å². The Morgan fingerprint density at radius 2 is 0.896 bits per heavy atom. The number of carbonyl (C=O) groups is 6. The first-order chi connectivity index (χ1) is 30.4. The fourth-order valence-electron chi connectivity index (χ4n) is 11.8. The van der Waals surface area contributed by atoms with E-state index in [-0.39, 0.29) is 60.0 Å². The Morgan fingerprint density at radius 3 is 1.16 bits per heavy atom. The number of hydrogen-bond acceptors (Lipinski definition) is 20. The molecule has 8 rings (SSSR count). The Kier molecular flexibility index (Phi) is 13.1. The summed E-state index contributed by atoms with van der Waals surface area (Å²) in [5, 5.41) is 137. The summed E-state index contributed by atoms with van der Waals surface area (Å²) < 4.78 is 0. The van der Waals surface area contributed by atoms with Gasteiger partial charge in [-0.05, 0) is 65.3 Å². The number of benzene rings is 2. The van der Waals surface area contributed by atoms with Gasteiger partial charge in [0.05, 0.1) is 69.4 Å². The largest absolute Gasteiger partial charge is 2.00 e. The van der Waals surface area contributed by atoms with Crippen molar-refractivity contribution in [2.45, 2.75) is 72.8 Å². The quantitative estimate of drug-likeness (QED) is 0.100. The maximum absolute atomic E-state index is 13.7. The molecule has 0 radical (unpaired) electrons. The fourth-order valence-corrected chi connectivity index (χ4v) is 11.8. The van der Waals surface area contributed by atoms with Crippen LogP contribution in [0.3, 0.4) is 0 Å². The van der Waals surface area contributed by atoms with Crippen LogP contribution in [0.4, 0.5) is 0 Å². The van der Waals surface area contributed by atoms with E-state index in [0.29, 0.717) is 0 Å². The van der Waals surface area contributed by atoms with Gasteiger partial charge in [-0.25, -0.2) is 0 Å². The summed E-state index contributed by atoms with van der Waals surface area (Å²) >= 11 is 0. The minimum atomic E-state index is -3.08. The number of hydrogen-bond donors (Lipinski definition) is 12. The molecule has 6 aliphatic carbocycles. The van der Waals surface area contributed by atoms with Crippen LogP contribution in [0.5, 0.6) is 11.5 Å². The first kappa shape index (κ1) is 52.0. The van der Waals surface area contributed by atoms with Crippen LogP contribution >= 0.6 is 0 Å². The molecule has 0 spiro atoms. The molecule has 0 aromatic heterocycles. The number of aliphatic hydroxyl groups is 8. The molecule has 22 nitrogen and oxygen atoms in total. The van der Waals surface area contributed by atoms with Crippen LogP contribution in [0, 0.1) is 35.5 Å². The molecule has 4 unspecified atom stereocenters. The van der Waals surface area contributed by atoms with E-state index in [9.17, 15) is 90.0 Å². The third-order valence-corrected chi connectivity index (χ3v) is 14.7. The van der Waals surface area contributed by atoms with Gasteiger partial charge in [0.2, 0.25) is 23.4 Å². The molecular weight excluding hydrogens is 913 g/mol. The first-order valence-electron chi connectivity index (χ1n) is 20.6.